The second-order valence-electron chi connectivity index (χ2n) is 4.62. The zero-order chi connectivity index (χ0) is 16.7. The van der Waals surface area contributed by atoms with Crippen molar-refractivity contribution >= 4 is 35.2 Å². The largest absolute Gasteiger partial charge is 0.481 e. The van der Waals surface area contributed by atoms with E-state index in [9.17, 15) is 9.59 Å². The fraction of sp³-hybridized carbons (Fsp3) is 0.267. The summed E-state index contributed by atoms with van der Waals surface area (Å²) in [6.45, 7) is 0.415. The molecule has 0 radical (unpaired) electrons. The highest BCUT2D eigenvalue weighted by Crippen LogP contribution is 2.20. The SMILES string of the molecule is O=C(O)CSCCNC(=O)Cc1coc(-c2ccc(Cl)cc2)n1. The first-order chi connectivity index (χ1) is 11.0. The lowest BCUT2D eigenvalue weighted by Crippen LogP contribution is -2.27. The molecule has 23 heavy (non-hydrogen) atoms. The van der Waals surface area contributed by atoms with Gasteiger partial charge in [0, 0.05) is 22.9 Å². The van der Waals surface area contributed by atoms with Gasteiger partial charge in [0.25, 0.3) is 0 Å². The van der Waals surface area contributed by atoms with Gasteiger partial charge in [-0.2, -0.15) is 0 Å². The van der Waals surface area contributed by atoms with Gasteiger partial charge in [-0.1, -0.05) is 11.6 Å². The Kier molecular flexibility index (Phi) is 6.49. The van der Waals surface area contributed by atoms with Gasteiger partial charge in [0.05, 0.1) is 17.9 Å². The van der Waals surface area contributed by atoms with Crippen LogP contribution in [0, 0.1) is 0 Å². The lowest BCUT2D eigenvalue weighted by Gasteiger charge is -2.02. The number of thioether (sulfide) groups is 1. The highest BCUT2D eigenvalue weighted by Gasteiger charge is 2.10. The van der Waals surface area contributed by atoms with Crippen molar-refractivity contribution in [2.24, 2.45) is 0 Å². The first-order valence-corrected chi connectivity index (χ1v) is 8.34. The summed E-state index contributed by atoms with van der Waals surface area (Å²) < 4.78 is 5.36. The van der Waals surface area contributed by atoms with Crippen LogP contribution >= 0.6 is 23.4 Å². The average molecular weight is 355 g/mol. The van der Waals surface area contributed by atoms with Crippen LogP contribution in [0.25, 0.3) is 11.5 Å². The molecule has 2 aromatic rings. The third-order valence-corrected chi connectivity index (χ3v) is 3.97. The van der Waals surface area contributed by atoms with Crippen LogP contribution in [0.2, 0.25) is 5.02 Å². The molecule has 1 aromatic heterocycles. The maximum absolute atomic E-state index is 11.8. The first-order valence-electron chi connectivity index (χ1n) is 6.81. The van der Waals surface area contributed by atoms with Crippen LogP contribution in [0.1, 0.15) is 5.69 Å². The van der Waals surface area contributed by atoms with Crippen LogP contribution in [-0.4, -0.2) is 40.0 Å². The molecular formula is C15H15ClN2O4S. The maximum atomic E-state index is 11.8. The molecule has 122 valence electrons. The van der Waals surface area contributed by atoms with E-state index in [4.69, 9.17) is 21.1 Å². The molecule has 0 spiro atoms. The number of amides is 1. The highest BCUT2D eigenvalue weighted by molar-refractivity contribution is 7.99. The number of aromatic nitrogens is 1. The van der Waals surface area contributed by atoms with Gasteiger partial charge < -0.3 is 14.8 Å². The Bertz CT molecular complexity index is 672. The van der Waals surface area contributed by atoms with Crippen molar-refractivity contribution in [1.29, 1.82) is 0 Å². The molecule has 2 rings (SSSR count). The summed E-state index contributed by atoms with van der Waals surface area (Å²) >= 11 is 7.08. The summed E-state index contributed by atoms with van der Waals surface area (Å²) in [6.07, 6.45) is 1.56. The lowest BCUT2D eigenvalue weighted by atomic mass is 10.2. The van der Waals surface area contributed by atoms with E-state index in [0.29, 0.717) is 28.9 Å². The minimum Gasteiger partial charge on any atom is -0.481 e. The molecule has 0 atom stereocenters. The number of benzene rings is 1. The number of carbonyl (C=O) groups is 2. The fourth-order valence-electron chi connectivity index (χ4n) is 1.76. The molecule has 0 saturated heterocycles. The maximum Gasteiger partial charge on any atom is 0.313 e. The van der Waals surface area contributed by atoms with Crippen LogP contribution in [0.5, 0.6) is 0 Å². The van der Waals surface area contributed by atoms with Crippen LogP contribution in [0.15, 0.2) is 34.9 Å². The van der Waals surface area contributed by atoms with Crippen molar-refractivity contribution in [1.82, 2.24) is 10.3 Å². The number of nitrogens with one attached hydrogen (secondary N) is 1. The molecular weight excluding hydrogens is 340 g/mol. The number of carboxylic acid groups (broad SMARTS) is 1. The number of carboxylic acids is 1. The minimum atomic E-state index is -0.862. The van der Waals surface area contributed by atoms with E-state index in [-0.39, 0.29) is 18.1 Å². The van der Waals surface area contributed by atoms with Gasteiger partial charge in [0.2, 0.25) is 11.8 Å². The normalized spacial score (nSPS) is 10.5. The first kappa shape index (κ1) is 17.4. The summed E-state index contributed by atoms with van der Waals surface area (Å²) in [7, 11) is 0. The lowest BCUT2D eigenvalue weighted by molar-refractivity contribution is -0.133. The molecule has 6 nitrogen and oxygen atoms in total. The van der Waals surface area contributed by atoms with Gasteiger partial charge in [-0.25, -0.2) is 4.98 Å². The molecule has 0 aliphatic rings. The second-order valence-corrected chi connectivity index (χ2v) is 6.17. The number of rotatable bonds is 8. The molecule has 0 aliphatic carbocycles. The molecule has 0 saturated carbocycles. The Balaban J connectivity index is 1.78. The van der Waals surface area contributed by atoms with Gasteiger partial charge in [-0.15, -0.1) is 11.8 Å². The van der Waals surface area contributed by atoms with Gasteiger partial charge in [0.15, 0.2) is 0 Å². The van der Waals surface area contributed by atoms with Crippen molar-refractivity contribution in [3.63, 3.8) is 0 Å². The highest BCUT2D eigenvalue weighted by atomic mass is 35.5. The molecule has 0 unspecified atom stereocenters. The van der Waals surface area contributed by atoms with Crippen LogP contribution in [0.4, 0.5) is 0 Å². The van der Waals surface area contributed by atoms with Crippen molar-refractivity contribution in [2.45, 2.75) is 6.42 Å². The van der Waals surface area contributed by atoms with Crippen LogP contribution in [-0.2, 0) is 16.0 Å². The zero-order valence-corrected chi connectivity index (χ0v) is 13.7. The Morgan fingerprint density at radius 1 is 1.30 bits per heavy atom. The quantitative estimate of drug-likeness (QED) is 0.707. The van der Waals surface area contributed by atoms with E-state index in [1.807, 2.05) is 0 Å². The van der Waals surface area contributed by atoms with Crippen LogP contribution < -0.4 is 5.32 Å². The molecule has 8 heteroatoms. The van der Waals surface area contributed by atoms with Crippen molar-refractivity contribution in [3.05, 3.63) is 41.2 Å². The standard InChI is InChI=1S/C15H15ClN2O4S/c16-11-3-1-10(2-4-11)15-18-12(8-22-15)7-13(19)17-5-6-23-9-14(20)21/h1-4,8H,5-7,9H2,(H,17,19)(H,20,21). The smallest absolute Gasteiger partial charge is 0.313 e. The van der Waals surface area contributed by atoms with E-state index in [1.165, 1.54) is 18.0 Å². The number of halogens is 1. The summed E-state index contributed by atoms with van der Waals surface area (Å²) in [4.78, 5) is 26.4. The predicted molar refractivity (Wildman–Crippen MR) is 88.6 cm³/mol. The number of carbonyl (C=O) groups excluding carboxylic acids is 1. The molecule has 2 N–H and O–H groups in total. The van der Waals surface area contributed by atoms with Gasteiger partial charge >= 0.3 is 5.97 Å². The number of oxazole rings is 1. The van der Waals surface area contributed by atoms with E-state index in [1.54, 1.807) is 24.3 Å². The molecule has 0 aliphatic heterocycles. The minimum absolute atomic E-state index is 0.0314. The molecule has 1 amide bonds. The number of hydrogen-bond donors (Lipinski definition) is 2. The number of hydrogen-bond acceptors (Lipinski definition) is 5. The van der Waals surface area contributed by atoms with E-state index in [0.717, 1.165) is 5.56 Å². The Morgan fingerprint density at radius 2 is 2.04 bits per heavy atom. The summed E-state index contributed by atoms with van der Waals surface area (Å²) in [6, 6.07) is 7.06. The van der Waals surface area contributed by atoms with E-state index < -0.39 is 5.97 Å². The van der Waals surface area contributed by atoms with Gasteiger partial charge in [0.1, 0.15) is 6.26 Å². The van der Waals surface area contributed by atoms with Crippen LogP contribution in [0.3, 0.4) is 0 Å². The fourth-order valence-corrected chi connectivity index (χ4v) is 2.45. The predicted octanol–water partition coefficient (Wildman–Crippen LogP) is 2.47. The number of nitrogens with zero attached hydrogens (tertiary/aromatic N) is 1. The Labute approximate surface area is 142 Å². The Morgan fingerprint density at radius 3 is 2.74 bits per heavy atom. The second kappa shape index (κ2) is 8.59. The van der Waals surface area contributed by atoms with Crippen molar-refractivity contribution < 1.29 is 19.1 Å². The molecule has 0 bridgehead atoms. The average Bonchev–Trinajstić information content (AvgIpc) is 2.95. The summed E-state index contributed by atoms with van der Waals surface area (Å²) in [5.74, 6) is -0.0340. The molecule has 1 aromatic carbocycles. The van der Waals surface area contributed by atoms with E-state index in [2.05, 4.69) is 10.3 Å². The van der Waals surface area contributed by atoms with Crippen molar-refractivity contribution in [3.8, 4) is 11.5 Å². The zero-order valence-electron chi connectivity index (χ0n) is 12.1. The summed E-state index contributed by atoms with van der Waals surface area (Å²) in [5.41, 5.74) is 1.32. The summed E-state index contributed by atoms with van der Waals surface area (Å²) in [5, 5.41) is 11.8. The van der Waals surface area contributed by atoms with Gasteiger partial charge in [-0.05, 0) is 24.3 Å². The van der Waals surface area contributed by atoms with Crippen molar-refractivity contribution in [2.75, 3.05) is 18.1 Å². The third-order valence-electron chi connectivity index (χ3n) is 2.78. The topological polar surface area (TPSA) is 92.4 Å². The number of aliphatic carboxylic acids is 1. The van der Waals surface area contributed by atoms with Gasteiger partial charge in [-0.3, -0.25) is 9.59 Å². The van der Waals surface area contributed by atoms with E-state index >= 15 is 0 Å². The molecule has 1 heterocycles. The molecule has 0 fully saturated rings. The third kappa shape index (κ3) is 5.96. The monoisotopic (exact) mass is 354 g/mol. The Hall–Kier alpha value is -1.99.